The minimum absolute atomic E-state index is 0.0844. The van der Waals surface area contributed by atoms with Gasteiger partial charge >= 0.3 is 0 Å². The molecule has 1 saturated carbocycles. The fourth-order valence-electron chi connectivity index (χ4n) is 4.81. The monoisotopic (exact) mass is 480 g/mol. The van der Waals surface area contributed by atoms with Gasteiger partial charge in [0.05, 0.1) is 16.3 Å². The molecule has 2 aliphatic rings. The predicted molar refractivity (Wildman–Crippen MR) is 137 cm³/mol. The maximum atomic E-state index is 12.9. The maximum Gasteiger partial charge on any atom is 0.253 e. The summed E-state index contributed by atoms with van der Waals surface area (Å²) in [6.07, 6.45) is 5.30. The Kier molecular flexibility index (Phi) is 6.94. The molecule has 1 amide bonds. The number of amides is 1. The summed E-state index contributed by atoms with van der Waals surface area (Å²) in [6, 6.07) is 10.4. The number of carbonyl (C=O) groups excluding carboxylic acids is 1. The van der Waals surface area contributed by atoms with E-state index >= 15 is 0 Å². The van der Waals surface area contributed by atoms with Gasteiger partial charge in [0, 0.05) is 36.4 Å². The zero-order valence-corrected chi connectivity index (χ0v) is 20.3. The third-order valence-electron chi connectivity index (χ3n) is 6.92. The first-order chi connectivity index (χ1) is 16.6. The standard InChI is InChI=1S/C25H32N6O2S/c1-26-17-10-13-31(14-11-17)24(33)16-2-4-19(5-3-16)28-25-29-21-12-15-34-22(21)23(30-25)27-18-6-8-20(32)9-7-18/h2-5,12,15,17-18,20,26,32H,6-11,13-14H2,1H3,(H2,27,28,29,30)/t18-,20-. The topological polar surface area (TPSA) is 102 Å². The lowest BCUT2D eigenvalue weighted by Crippen LogP contribution is -2.43. The summed E-state index contributed by atoms with van der Waals surface area (Å²) in [6.45, 7) is 1.57. The molecular weight excluding hydrogens is 448 g/mol. The lowest BCUT2D eigenvalue weighted by atomic mass is 9.93. The van der Waals surface area contributed by atoms with Crippen LogP contribution in [0.3, 0.4) is 0 Å². The van der Waals surface area contributed by atoms with Crippen LogP contribution in [0.15, 0.2) is 35.7 Å². The molecule has 1 aliphatic carbocycles. The van der Waals surface area contributed by atoms with Crippen LogP contribution in [0.4, 0.5) is 17.5 Å². The van der Waals surface area contributed by atoms with Gasteiger partial charge in [0.2, 0.25) is 5.95 Å². The van der Waals surface area contributed by atoms with E-state index in [-0.39, 0.29) is 12.0 Å². The first kappa shape index (κ1) is 23.0. The van der Waals surface area contributed by atoms with Crippen molar-refractivity contribution >= 4 is 44.9 Å². The van der Waals surface area contributed by atoms with Gasteiger partial charge in [0.15, 0.2) is 0 Å². The predicted octanol–water partition coefficient (Wildman–Crippen LogP) is 3.97. The molecule has 8 nitrogen and oxygen atoms in total. The number of nitrogens with zero attached hydrogens (tertiary/aromatic N) is 3. The fraction of sp³-hybridized carbons (Fsp3) is 0.480. The molecule has 34 heavy (non-hydrogen) atoms. The molecule has 2 fully saturated rings. The third kappa shape index (κ3) is 5.16. The summed E-state index contributed by atoms with van der Waals surface area (Å²) in [5.41, 5.74) is 2.44. The van der Waals surface area contributed by atoms with E-state index in [9.17, 15) is 9.90 Å². The normalized spacial score (nSPS) is 21.5. The van der Waals surface area contributed by atoms with Gasteiger partial charge < -0.3 is 26.0 Å². The van der Waals surface area contributed by atoms with Crippen LogP contribution >= 0.6 is 11.3 Å². The van der Waals surface area contributed by atoms with Crippen molar-refractivity contribution in [3.05, 3.63) is 41.3 Å². The Morgan fingerprint density at radius 1 is 1.00 bits per heavy atom. The number of hydrogen-bond acceptors (Lipinski definition) is 8. The molecule has 3 heterocycles. The van der Waals surface area contributed by atoms with Gasteiger partial charge in [-0.25, -0.2) is 4.98 Å². The molecule has 3 aromatic rings. The molecule has 5 rings (SSSR count). The van der Waals surface area contributed by atoms with Crippen LogP contribution in [0.25, 0.3) is 10.2 Å². The molecule has 4 N–H and O–H groups in total. The van der Waals surface area contributed by atoms with Crippen molar-refractivity contribution in [2.75, 3.05) is 30.8 Å². The fourth-order valence-corrected chi connectivity index (χ4v) is 5.59. The second-order valence-corrected chi connectivity index (χ2v) is 10.2. The number of thiophene rings is 1. The highest BCUT2D eigenvalue weighted by atomic mass is 32.1. The average Bonchev–Trinajstić information content (AvgIpc) is 3.35. The van der Waals surface area contributed by atoms with Crippen LogP contribution in [0.2, 0.25) is 0 Å². The number of aliphatic hydroxyl groups excluding tert-OH is 1. The molecule has 180 valence electrons. The SMILES string of the molecule is CNC1CCN(C(=O)c2ccc(Nc3nc(N[C@H]4CC[C@H](O)CC4)c4sccc4n3)cc2)CC1. The number of benzene rings is 1. The summed E-state index contributed by atoms with van der Waals surface area (Å²) in [4.78, 5) is 24.2. The summed E-state index contributed by atoms with van der Waals surface area (Å²) in [5, 5.41) is 22.0. The Bertz CT molecular complexity index is 1120. The number of hydrogen-bond donors (Lipinski definition) is 4. The summed E-state index contributed by atoms with van der Waals surface area (Å²) in [7, 11) is 1.98. The number of likely N-dealkylation sites (tertiary alicyclic amines) is 1. The first-order valence-electron chi connectivity index (χ1n) is 12.1. The quantitative estimate of drug-likeness (QED) is 0.423. The molecule has 0 bridgehead atoms. The number of nitrogens with one attached hydrogen (secondary N) is 3. The molecule has 0 unspecified atom stereocenters. The van der Waals surface area contributed by atoms with E-state index in [4.69, 9.17) is 4.98 Å². The van der Waals surface area contributed by atoms with Gasteiger partial charge in [-0.15, -0.1) is 11.3 Å². The van der Waals surface area contributed by atoms with Crippen molar-refractivity contribution in [1.82, 2.24) is 20.2 Å². The van der Waals surface area contributed by atoms with Crippen LogP contribution < -0.4 is 16.0 Å². The number of piperidine rings is 1. The van der Waals surface area contributed by atoms with Crippen LogP contribution in [-0.4, -0.2) is 64.2 Å². The van der Waals surface area contributed by atoms with Crippen LogP contribution in [0.1, 0.15) is 48.9 Å². The van der Waals surface area contributed by atoms with E-state index < -0.39 is 0 Å². The number of carbonyl (C=O) groups is 1. The minimum atomic E-state index is -0.183. The highest BCUT2D eigenvalue weighted by Crippen LogP contribution is 2.31. The van der Waals surface area contributed by atoms with Crippen molar-refractivity contribution < 1.29 is 9.90 Å². The summed E-state index contributed by atoms with van der Waals surface area (Å²) >= 11 is 1.63. The van der Waals surface area contributed by atoms with E-state index in [0.717, 1.165) is 73.3 Å². The highest BCUT2D eigenvalue weighted by molar-refractivity contribution is 7.17. The summed E-state index contributed by atoms with van der Waals surface area (Å²) in [5.74, 6) is 1.44. The number of anilines is 3. The van der Waals surface area contributed by atoms with Crippen molar-refractivity contribution in [2.24, 2.45) is 0 Å². The van der Waals surface area contributed by atoms with E-state index in [1.54, 1.807) is 11.3 Å². The van der Waals surface area contributed by atoms with E-state index in [1.807, 2.05) is 47.7 Å². The van der Waals surface area contributed by atoms with E-state index in [1.165, 1.54) is 0 Å². The molecule has 1 saturated heterocycles. The molecule has 0 radical (unpaired) electrons. The highest BCUT2D eigenvalue weighted by Gasteiger charge is 2.23. The first-order valence-corrected chi connectivity index (χ1v) is 13.0. The van der Waals surface area contributed by atoms with Gasteiger partial charge in [-0.05, 0) is 81.3 Å². The van der Waals surface area contributed by atoms with Crippen molar-refractivity contribution in [1.29, 1.82) is 0 Å². The third-order valence-corrected chi connectivity index (χ3v) is 7.83. The van der Waals surface area contributed by atoms with Gasteiger partial charge in [-0.1, -0.05) is 0 Å². The number of aliphatic hydroxyl groups is 1. The van der Waals surface area contributed by atoms with Crippen LogP contribution in [0.5, 0.6) is 0 Å². The Labute approximate surface area is 203 Å². The number of rotatable bonds is 6. The Morgan fingerprint density at radius 2 is 1.74 bits per heavy atom. The zero-order chi connectivity index (χ0) is 23.5. The van der Waals surface area contributed by atoms with Crippen molar-refractivity contribution in [3.8, 4) is 0 Å². The van der Waals surface area contributed by atoms with Crippen LogP contribution in [-0.2, 0) is 0 Å². The Morgan fingerprint density at radius 3 is 2.44 bits per heavy atom. The molecule has 0 spiro atoms. The number of fused-ring (bicyclic) bond motifs is 1. The lowest BCUT2D eigenvalue weighted by molar-refractivity contribution is 0.0707. The largest absolute Gasteiger partial charge is 0.393 e. The minimum Gasteiger partial charge on any atom is -0.393 e. The molecule has 1 aliphatic heterocycles. The number of aromatic nitrogens is 2. The molecule has 1 aromatic carbocycles. The van der Waals surface area contributed by atoms with Gasteiger partial charge in [-0.3, -0.25) is 4.79 Å². The lowest BCUT2D eigenvalue weighted by Gasteiger charge is -2.31. The average molecular weight is 481 g/mol. The van der Waals surface area contributed by atoms with Gasteiger partial charge in [0.25, 0.3) is 5.91 Å². The van der Waals surface area contributed by atoms with Gasteiger partial charge in [-0.2, -0.15) is 4.98 Å². The van der Waals surface area contributed by atoms with E-state index in [2.05, 4.69) is 20.9 Å². The maximum absolute atomic E-state index is 12.9. The molecule has 2 aromatic heterocycles. The molecule has 0 atom stereocenters. The van der Waals surface area contributed by atoms with Crippen LogP contribution in [0, 0.1) is 0 Å². The molecular formula is C25H32N6O2S. The molecule has 9 heteroatoms. The van der Waals surface area contributed by atoms with Crippen molar-refractivity contribution in [2.45, 2.75) is 56.7 Å². The summed E-state index contributed by atoms with van der Waals surface area (Å²) < 4.78 is 1.04. The Hall–Kier alpha value is -2.75. The Balaban J connectivity index is 1.27. The smallest absolute Gasteiger partial charge is 0.253 e. The second kappa shape index (κ2) is 10.2. The van der Waals surface area contributed by atoms with Gasteiger partial charge in [0.1, 0.15) is 5.82 Å². The zero-order valence-electron chi connectivity index (χ0n) is 19.5. The van der Waals surface area contributed by atoms with Crippen molar-refractivity contribution in [3.63, 3.8) is 0 Å². The van der Waals surface area contributed by atoms with E-state index in [0.29, 0.717) is 23.6 Å². The second-order valence-electron chi connectivity index (χ2n) is 9.24.